The Hall–Kier alpha value is -1.82. The molecule has 0 fully saturated rings. The molecule has 0 aliphatic heterocycles. The van der Waals surface area contributed by atoms with Crippen molar-refractivity contribution < 1.29 is 5.11 Å². The molecule has 6 heteroatoms. The summed E-state index contributed by atoms with van der Waals surface area (Å²) < 4.78 is 3.87. The molecule has 0 amide bonds. The first-order valence-electron chi connectivity index (χ1n) is 7.41. The van der Waals surface area contributed by atoms with Crippen molar-refractivity contribution >= 4 is 5.69 Å². The Bertz CT molecular complexity index is 627. The molecule has 0 spiro atoms. The minimum Gasteiger partial charge on any atom is -0.394 e. The van der Waals surface area contributed by atoms with Crippen molar-refractivity contribution in [1.29, 1.82) is 0 Å². The first-order chi connectivity index (χ1) is 9.99. The zero-order valence-electron chi connectivity index (χ0n) is 13.6. The van der Waals surface area contributed by atoms with E-state index in [1.807, 2.05) is 30.1 Å². The lowest BCUT2D eigenvalue weighted by atomic mass is 10.2. The normalized spacial score (nSPS) is 11.1. The zero-order valence-corrected chi connectivity index (χ0v) is 13.6. The minimum absolute atomic E-state index is 0.107. The molecule has 0 aliphatic rings. The number of hydrogen-bond donors (Lipinski definition) is 2. The van der Waals surface area contributed by atoms with E-state index >= 15 is 0 Å². The van der Waals surface area contributed by atoms with Crippen molar-refractivity contribution in [3.63, 3.8) is 0 Å². The Morgan fingerprint density at radius 3 is 2.24 bits per heavy atom. The van der Waals surface area contributed by atoms with Crippen LogP contribution in [0.25, 0.3) is 0 Å². The van der Waals surface area contributed by atoms with Crippen LogP contribution in [0.1, 0.15) is 35.3 Å². The van der Waals surface area contributed by atoms with E-state index < -0.39 is 0 Å². The summed E-state index contributed by atoms with van der Waals surface area (Å²) >= 11 is 0. The molecule has 6 nitrogen and oxygen atoms in total. The standard InChI is InChI=1S/C15H25N5O/c1-6-19-13(5)15(11(3)18-19)16-9-14-10(2)17-20(7-8-21)12(14)4/h16,21H,6-9H2,1-5H3. The van der Waals surface area contributed by atoms with Crippen LogP contribution in [0, 0.1) is 27.7 Å². The van der Waals surface area contributed by atoms with Crippen LogP contribution >= 0.6 is 0 Å². The fraction of sp³-hybridized carbons (Fsp3) is 0.600. The monoisotopic (exact) mass is 291 g/mol. The highest BCUT2D eigenvalue weighted by Crippen LogP contribution is 2.22. The first kappa shape index (κ1) is 15.6. The number of hydrogen-bond acceptors (Lipinski definition) is 4. The number of anilines is 1. The van der Waals surface area contributed by atoms with Crippen molar-refractivity contribution in [2.75, 3.05) is 11.9 Å². The van der Waals surface area contributed by atoms with Crippen LogP contribution in [0.2, 0.25) is 0 Å². The van der Waals surface area contributed by atoms with Crippen molar-refractivity contribution in [2.45, 2.75) is 54.3 Å². The van der Waals surface area contributed by atoms with Crippen LogP contribution in [-0.2, 0) is 19.6 Å². The third-order valence-corrected chi connectivity index (χ3v) is 3.97. The molecule has 2 rings (SSSR count). The van der Waals surface area contributed by atoms with Crippen molar-refractivity contribution in [3.05, 3.63) is 28.3 Å². The molecule has 0 unspecified atom stereocenters. The minimum atomic E-state index is 0.107. The number of aliphatic hydroxyl groups is 1. The van der Waals surface area contributed by atoms with Crippen molar-refractivity contribution in [2.24, 2.45) is 0 Å². The average molecular weight is 291 g/mol. The van der Waals surface area contributed by atoms with Crippen LogP contribution in [0.3, 0.4) is 0 Å². The third kappa shape index (κ3) is 2.95. The van der Waals surface area contributed by atoms with Gasteiger partial charge in [-0.1, -0.05) is 0 Å². The molecular formula is C15H25N5O. The maximum atomic E-state index is 9.07. The van der Waals surface area contributed by atoms with Gasteiger partial charge in [-0.05, 0) is 34.6 Å². The number of aryl methyl sites for hydroxylation is 3. The topological polar surface area (TPSA) is 67.9 Å². The number of aliphatic hydroxyl groups excluding tert-OH is 1. The summed E-state index contributed by atoms with van der Waals surface area (Å²) in [5.41, 5.74) is 6.58. The summed E-state index contributed by atoms with van der Waals surface area (Å²) in [5, 5.41) is 21.6. The molecule has 0 aromatic carbocycles. The van der Waals surface area contributed by atoms with Gasteiger partial charge >= 0.3 is 0 Å². The molecule has 21 heavy (non-hydrogen) atoms. The summed E-state index contributed by atoms with van der Waals surface area (Å²) in [7, 11) is 0. The van der Waals surface area contributed by atoms with Crippen molar-refractivity contribution in [1.82, 2.24) is 19.6 Å². The predicted molar refractivity (Wildman–Crippen MR) is 83.5 cm³/mol. The molecule has 0 atom stereocenters. The van der Waals surface area contributed by atoms with Crippen LogP contribution in [-0.4, -0.2) is 31.3 Å². The molecule has 0 aliphatic carbocycles. The summed E-state index contributed by atoms with van der Waals surface area (Å²) in [6.45, 7) is 12.5. The number of rotatable bonds is 6. The van der Waals surface area contributed by atoms with E-state index in [1.165, 1.54) is 5.56 Å². The molecule has 0 bridgehead atoms. The summed E-state index contributed by atoms with van der Waals surface area (Å²) in [6.07, 6.45) is 0. The lowest BCUT2D eigenvalue weighted by Crippen LogP contribution is -2.07. The summed E-state index contributed by atoms with van der Waals surface area (Å²) in [6, 6.07) is 0. The zero-order chi connectivity index (χ0) is 15.6. The summed E-state index contributed by atoms with van der Waals surface area (Å²) in [4.78, 5) is 0. The quantitative estimate of drug-likeness (QED) is 0.853. The van der Waals surface area contributed by atoms with Gasteiger partial charge in [-0.3, -0.25) is 9.36 Å². The molecule has 2 aromatic rings. The van der Waals surface area contributed by atoms with Gasteiger partial charge in [0.2, 0.25) is 0 Å². The molecule has 0 saturated carbocycles. The Morgan fingerprint density at radius 1 is 1.00 bits per heavy atom. The predicted octanol–water partition coefficient (Wildman–Crippen LogP) is 1.94. The SMILES string of the molecule is CCn1nc(C)c(NCc2c(C)nn(CCO)c2C)c1C. The average Bonchev–Trinajstić information content (AvgIpc) is 2.87. The molecule has 2 N–H and O–H groups in total. The van der Waals surface area contributed by atoms with E-state index in [2.05, 4.69) is 29.4 Å². The first-order valence-corrected chi connectivity index (χ1v) is 7.41. The van der Waals surface area contributed by atoms with Gasteiger partial charge in [0.25, 0.3) is 0 Å². The molecule has 0 radical (unpaired) electrons. The van der Waals surface area contributed by atoms with Gasteiger partial charge < -0.3 is 10.4 Å². The van der Waals surface area contributed by atoms with Crippen LogP contribution < -0.4 is 5.32 Å². The largest absolute Gasteiger partial charge is 0.394 e. The second-order valence-electron chi connectivity index (χ2n) is 5.31. The highest BCUT2D eigenvalue weighted by molar-refractivity contribution is 5.52. The highest BCUT2D eigenvalue weighted by atomic mass is 16.3. The second kappa shape index (κ2) is 6.30. The van der Waals surface area contributed by atoms with E-state index in [0.717, 1.165) is 41.6 Å². The fourth-order valence-electron chi connectivity index (χ4n) is 2.74. The van der Waals surface area contributed by atoms with Gasteiger partial charge in [-0.15, -0.1) is 0 Å². The summed E-state index contributed by atoms with van der Waals surface area (Å²) in [5.74, 6) is 0. The smallest absolute Gasteiger partial charge is 0.0828 e. The Balaban J connectivity index is 2.19. The lowest BCUT2D eigenvalue weighted by molar-refractivity contribution is 0.268. The van der Waals surface area contributed by atoms with Gasteiger partial charge in [0.05, 0.1) is 35.9 Å². The Labute approximate surface area is 125 Å². The van der Waals surface area contributed by atoms with Gasteiger partial charge in [0.1, 0.15) is 0 Å². The van der Waals surface area contributed by atoms with Gasteiger partial charge in [-0.25, -0.2) is 0 Å². The maximum Gasteiger partial charge on any atom is 0.0828 e. The van der Waals surface area contributed by atoms with Gasteiger partial charge in [0.15, 0.2) is 0 Å². The lowest BCUT2D eigenvalue weighted by Gasteiger charge is -2.08. The number of nitrogens with zero attached hydrogens (tertiary/aromatic N) is 4. The highest BCUT2D eigenvalue weighted by Gasteiger charge is 2.14. The Kier molecular flexibility index (Phi) is 4.67. The van der Waals surface area contributed by atoms with Crippen molar-refractivity contribution in [3.8, 4) is 0 Å². The van der Waals surface area contributed by atoms with Gasteiger partial charge in [0, 0.05) is 24.3 Å². The molecule has 116 valence electrons. The van der Waals surface area contributed by atoms with Crippen LogP contribution in [0.5, 0.6) is 0 Å². The van der Waals surface area contributed by atoms with Crippen LogP contribution in [0.4, 0.5) is 5.69 Å². The Morgan fingerprint density at radius 2 is 1.67 bits per heavy atom. The van der Waals surface area contributed by atoms with E-state index in [9.17, 15) is 0 Å². The maximum absolute atomic E-state index is 9.07. The fourth-order valence-corrected chi connectivity index (χ4v) is 2.74. The molecular weight excluding hydrogens is 266 g/mol. The van der Waals surface area contributed by atoms with E-state index in [4.69, 9.17) is 5.11 Å². The van der Waals surface area contributed by atoms with E-state index in [0.29, 0.717) is 6.54 Å². The molecule has 2 heterocycles. The number of aromatic nitrogens is 4. The molecule has 0 saturated heterocycles. The number of nitrogens with one attached hydrogen (secondary N) is 1. The second-order valence-corrected chi connectivity index (χ2v) is 5.31. The van der Waals surface area contributed by atoms with Gasteiger partial charge in [-0.2, -0.15) is 10.2 Å². The molecule has 2 aromatic heterocycles. The van der Waals surface area contributed by atoms with Crippen LogP contribution in [0.15, 0.2) is 0 Å². The third-order valence-electron chi connectivity index (χ3n) is 3.97. The van der Waals surface area contributed by atoms with E-state index in [1.54, 1.807) is 0 Å². The van der Waals surface area contributed by atoms with E-state index in [-0.39, 0.29) is 6.61 Å².